The SMILES string of the molecule is O=C(Nc1ccc(=O)n(Cc2cccc(F)c2)c1)c1ccc2n1CCNC2. The molecule has 0 aliphatic carbocycles. The Labute approximate surface area is 155 Å². The first-order valence-corrected chi connectivity index (χ1v) is 8.75. The van der Waals surface area contributed by atoms with E-state index in [9.17, 15) is 14.0 Å². The Morgan fingerprint density at radius 1 is 1.19 bits per heavy atom. The molecule has 4 rings (SSSR count). The van der Waals surface area contributed by atoms with E-state index in [4.69, 9.17) is 0 Å². The van der Waals surface area contributed by atoms with Gasteiger partial charge in [-0.3, -0.25) is 9.59 Å². The summed E-state index contributed by atoms with van der Waals surface area (Å²) in [6.07, 6.45) is 1.58. The van der Waals surface area contributed by atoms with Gasteiger partial charge >= 0.3 is 0 Å². The van der Waals surface area contributed by atoms with Crippen molar-refractivity contribution in [2.75, 3.05) is 11.9 Å². The fourth-order valence-corrected chi connectivity index (χ4v) is 3.29. The molecule has 1 aliphatic heterocycles. The number of fused-ring (bicyclic) bond motifs is 1. The zero-order chi connectivity index (χ0) is 18.8. The van der Waals surface area contributed by atoms with Crippen molar-refractivity contribution in [3.05, 3.63) is 87.9 Å². The summed E-state index contributed by atoms with van der Waals surface area (Å²) < 4.78 is 16.8. The van der Waals surface area contributed by atoms with E-state index in [0.717, 1.165) is 25.3 Å². The lowest BCUT2D eigenvalue weighted by Gasteiger charge is -2.19. The Morgan fingerprint density at radius 3 is 2.93 bits per heavy atom. The standard InChI is InChI=1S/C20H19FN4O2/c21-15-3-1-2-14(10-15)12-24-13-16(4-7-19(24)26)23-20(27)18-6-5-17-11-22-8-9-25(17)18/h1-7,10,13,22H,8-9,11-12H2,(H,23,27). The third-order valence-corrected chi connectivity index (χ3v) is 4.61. The number of aromatic nitrogens is 2. The summed E-state index contributed by atoms with van der Waals surface area (Å²) >= 11 is 0. The van der Waals surface area contributed by atoms with Crippen LogP contribution in [0.25, 0.3) is 0 Å². The molecule has 3 aromatic rings. The normalized spacial score (nSPS) is 13.2. The van der Waals surface area contributed by atoms with Crippen LogP contribution in [0.1, 0.15) is 21.7 Å². The second-order valence-corrected chi connectivity index (χ2v) is 6.51. The summed E-state index contributed by atoms with van der Waals surface area (Å²) in [7, 11) is 0. The first-order valence-electron chi connectivity index (χ1n) is 8.75. The molecule has 0 radical (unpaired) electrons. The fourth-order valence-electron chi connectivity index (χ4n) is 3.29. The summed E-state index contributed by atoms with van der Waals surface area (Å²) in [6, 6.07) is 12.8. The van der Waals surface area contributed by atoms with Crippen molar-refractivity contribution in [1.82, 2.24) is 14.5 Å². The van der Waals surface area contributed by atoms with Crippen LogP contribution >= 0.6 is 0 Å². The number of carbonyl (C=O) groups excluding carboxylic acids is 1. The van der Waals surface area contributed by atoms with Crippen LogP contribution < -0.4 is 16.2 Å². The van der Waals surface area contributed by atoms with Crippen molar-refractivity contribution >= 4 is 11.6 Å². The van der Waals surface area contributed by atoms with Crippen molar-refractivity contribution < 1.29 is 9.18 Å². The van der Waals surface area contributed by atoms with E-state index in [0.29, 0.717) is 16.9 Å². The topological polar surface area (TPSA) is 68.1 Å². The molecule has 0 unspecified atom stereocenters. The summed E-state index contributed by atoms with van der Waals surface area (Å²) in [5.74, 6) is -0.573. The zero-order valence-corrected chi connectivity index (χ0v) is 14.6. The maximum Gasteiger partial charge on any atom is 0.272 e. The number of rotatable bonds is 4. The zero-order valence-electron chi connectivity index (χ0n) is 14.6. The van der Waals surface area contributed by atoms with Gasteiger partial charge in [0.15, 0.2) is 0 Å². The molecule has 1 aliphatic rings. The first-order chi connectivity index (χ1) is 13.1. The van der Waals surface area contributed by atoms with Gasteiger partial charge in [0.2, 0.25) is 0 Å². The number of carbonyl (C=O) groups is 1. The quantitative estimate of drug-likeness (QED) is 0.744. The third-order valence-electron chi connectivity index (χ3n) is 4.61. The number of hydrogen-bond donors (Lipinski definition) is 2. The molecule has 0 saturated carbocycles. The molecule has 27 heavy (non-hydrogen) atoms. The van der Waals surface area contributed by atoms with Crippen molar-refractivity contribution in [3.63, 3.8) is 0 Å². The highest BCUT2D eigenvalue weighted by atomic mass is 19.1. The van der Waals surface area contributed by atoms with E-state index in [1.807, 2.05) is 10.6 Å². The van der Waals surface area contributed by atoms with Crippen molar-refractivity contribution in [3.8, 4) is 0 Å². The lowest BCUT2D eigenvalue weighted by Crippen LogP contribution is -2.30. The van der Waals surface area contributed by atoms with Gasteiger partial charge < -0.3 is 19.8 Å². The van der Waals surface area contributed by atoms with Gasteiger partial charge in [0, 0.05) is 37.6 Å². The second kappa shape index (κ2) is 7.20. The van der Waals surface area contributed by atoms with Crippen LogP contribution in [0.4, 0.5) is 10.1 Å². The van der Waals surface area contributed by atoms with E-state index in [1.165, 1.54) is 22.8 Å². The number of anilines is 1. The number of pyridine rings is 1. The molecule has 3 heterocycles. The smallest absolute Gasteiger partial charge is 0.272 e. The summed E-state index contributed by atoms with van der Waals surface area (Å²) in [5, 5.41) is 6.11. The maximum absolute atomic E-state index is 13.4. The molecule has 0 atom stereocenters. The molecule has 1 amide bonds. The molecular weight excluding hydrogens is 347 g/mol. The minimum absolute atomic E-state index is 0.219. The molecule has 1 aromatic carbocycles. The molecule has 2 aromatic heterocycles. The second-order valence-electron chi connectivity index (χ2n) is 6.51. The van der Waals surface area contributed by atoms with Crippen LogP contribution in [0.2, 0.25) is 0 Å². The van der Waals surface area contributed by atoms with Crippen molar-refractivity contribution in [2.24, 2.45) is 0 Å². The van der Waals surface area contributed by atoms with Gasteiger partial charge in [0.25, 0.3) is 11.5 Å². The van der Waals surface area contributed by atoms with E-state index in [2.05, 4.69) is 10.6 Å². The molecule has 0 bridgehead atoms. The van der Waals surface area contributed by atoms with Crippen molar-refractivity contribution in [2.45, 2.75) is 19.6 Å². The van der Waals surface area contributed by atoms with E-state index < -0.39 is 0 Å². The van der Waals surface area contributed by atoms with Crippen LogP contribution in [0.5, 0.6) is 0 Å². The average molecular weight is 366 g/mol. The summed E-state index contributed by atoms with van der Waals surface area (Å²) in [4.78, 5) is 24.8. The highest BCUT2D eigenvalue weighted by molar-refractivity contribution is 6.03. The summed E-state index contributed by atoms with van der Waals surface area (Å²) in [5.41, 5.74) is 2.63. The van der Waals surface area contributed by atoms with E-state index in [1.54, 1.807) is 30.5 Å². The number of nitrogens with zero attached hydrogens (tertiary/aromatic N) is 2. The van der Waals surface area contributed by atoms with Gasteiger partial charge in [0.05, 0.1) is 12.2 Å². The number of benzene rings is 1. The van der Waals surface area contributed by atoms with E-state index >= 15 is 0 Å². The van der Waals surface area contributed by atoms with Crippen LogP contribution in [-0.4, -0.2) is 21.6 Å². The molecule has 7 heteroatoms. The predicted molar refractivity (Wildman–Crippen MR) is 100 cm³/mol. The van der Waals surface area contributed by atoms with Crippen LogP contribution in [-0.2, 0) is 19.6 Å². The van der Waals surface area contributed by atoms with Crippen molar-refractivity contribution in [1.29, 1.82) is 0 Å². The Bertz CT molecular complexity index is 1050. The van der Waals surface area contributed by atoms with Gasteiger partial charge in [-0.25, -0.2) is 4.39 Å². The fraction of sp³-hybridized carbons (Fsp3) is 0.200. The Balaban J connectivity index is 1.55. The maximum atomic E-state index is 13.4. The Hall–Kier alpha value is -3.19. The highest BCUT2D eigenvalue weighted by Crippen LogP contribution is 2.15. The average Bonchev–Trinajstić information content (AvgIpc) is 3.09. The molecule has 138 valence electrons. The van der Waals surface area contributed by atoms with Gasteiger partial charge in [-0.2, -0.15) is 0 Å². The molecule has 0 saturated heterocycles. The lowest BCUT2D eigenvalue weighted by molar-refractivity contribution is 0.101. The Kier molecular flexibility index (Phi) is 4.60. The molecule has 2 N–H and O–H groups in total. The predicted octanol–water partition coefficient (Wildman–Crippen LogP) is 2.19. The highest BCUT2D eigenvalue weighted by Gasteiger charge is 2.17. The molecule has 0 spiro atoms. The van der Waals surface area contributed by atoms with Crippen LogP contribution in [0.3, 0.4) is 0 Å². The number of hydrogen-bond acceptors (Lipinski definition) is 3. The van der Waals surface area contributed by atoms with Crippen LogP contribution in [0, 0.1) is 5.82 Å². The van der Waals surface area contributed by atoms with Gasteiger partial charge in [-0.1, -0.05) is 12.1 Å². The van der Waals surface area contributed by atoms with Gasteiger partial charge in [0.1, 0.15) is 11.5 Å². The third kappa shape index (κ3) is 3.68. The lowest BCUT2D eigenvalue weighted by atomic mass is 10.2. The number of amides is 1. The largest absolute Gasteiger partial charge is 0.338 e. The summed E-state index contributed by atoms with van der Waals surface area (Å²) in [6.45, 7) is 2.53. The monoisotopic (exact) mass is 366 g/mol. The molecular formula is C20H19FN4O2. The van der Waals surface area contributed by atoms with Crippen LogP contribution in [0.15, 0.2) is 59.5 Å². The Morgan fingerprint density at radius 2 is 2.07 bits per heavy atom. The first kappa shape index (κ1) is 17.2. The van der Waals surface area contributed by atoms with E-state index in [-0.39, 0.29) is 23.8 Å². The molecule has 0 fully saturated rings. The minimum atomic E-state index is -0.350. The van der Waals surface area contributed by atoms with Gasteiger partial charge in [-0.15, -0.1) is 0 Å². The number of nitrogens with one attached hydrogen (secondary N) is 2. The number of halogens is 1. The van der Waals surface area contributed by atoms with Gasteiger partial charge in [-0.05, 0) is 35.9 Å². The minimum Gasteiger partial charge on any atom is -0.338 e. The molecule has 6 nitrogen and oxygen atoms in total.